The van der Waals surface area contributed by atoms with Gasteiger partial charge in [-0.2, -0.15) is 0 Å². The summed E-state index contributed by atoms with van der Waals surface area (Å²) in [4.78, 5) is 10.2. The number of ether oxygens (including phenoxy) is 1. The molecule has 0 aliphatic heterocycles. The fourth-order valence-corrected chi connectivity index (χ4v) is 4.47. The molecule has 3 aromatic carbocycles. The van der Waals surface area contributed by atoms with Gasteiger partial charge in [-0.25, -0.2) is 0 Å². The smallest absolute Gasteiger partial charge is 0.155 e. The van der Waals surface area contributed by atoms with Gasteiger partial charge in [-0.3, -0.25) is 4.79 Å². The molecule has 3 aromatic rings. The first-order chi connectivity index (χ1) is 17.2. The van der Waals surface area contributed by atoms with Crippen LogP contribution >= 0.6 is 0 Å². The van der Waals surface area contributed by atoms with E-state index in [-0.39, 0.29) is 11.9 Å². The molecule has 0 amide bonds. The topological polar surface area (TPSA) is 26.3 Å². The molecule has 4 rings (SSSR count). The van der Waals surface area contributed by atoms with Gasteiger partial charge < -0.3 is 4.74 Å². The van der Waals surface area contributed by atoms with Crippen LogP contribution in [0.5, 0.6) is 0 Å². The van der Waals surface area contributed by atoms with Crippen molar-refractivity contribution in [3.05, 3.63) is 132 Å². The van der Waals surface area contributed by atoms with Gasteiger partial charge in [0.25, 0.3) is 0 Å². The van der Waals surface area contributed by atoms with Crippen molar-refractivity contribution in [3.8, 4) is 0 Å². The second-order valence-corrected chi connectivity index (χ2v) is 8.93. The molecule has 2 nitrogen and oxygen atoms in total. The zero-order valence-electron chi connectivity index (χ0n) is 20.9. The number of carbonyl (C=O) groups excluding carboxylic acids is 1. The maximum absolute atomic E-state index is 10.2. The van der Waals surface area contributed by atoms with Gasteiger partial charge in [0.1, 0.15) is 5.60 Å². The molecule has 35 heavy (non-hydrogen) atoms. The predicted molar refractivity (Wildman–Crippen MR) is 146 cm³/mol. The number of allylic oxidation sites excluding steroid dienone is 2. The molecule has 1 aliphatic rings. The minimum Gasteiger partial charge on any atom is -0.354 e. The lowest BCUT2D eigenvalue weighted by atomic mass is 9.79. The van der Waals surface area contributed by atoms with Crippen LogP contribution in [0.15, 0.2) is 116 Å². The Bertz CT molecular complexity index is 942. The van der Waals surface area contributed by atoms with Crippen molar-refractivity contribution in [3.63, 3.8) is 0 Å². The summed E-state index contributed by atoms with van der Waals surface area (Å²) in [6, 6.07) is 31.7. The lowest BCUT2D eigenvalue weighted by molar-refractivity contribution is -0.114. The molecule has 1 atom stereocenters. The Morgan fingerprint density at radius 2 is 1.34 bits per heavy atom. The van der Waals surface area contributed by atoms with Gasteiger partial charge in [0.2, 0.25) is 0 Å². The van der Waals surface area contributed by atoms with Gasteiger partial charge in [0, 0.05) is 6.42 Å². The van der Waals surface area contributed by atoms with Gasteiger partial charge in [-0.15, -0.1) is 6.58 Å². The van der Waals surface area contributed by atoms with E-state index in [0.717, 1.165) is 42.4 Å². The SMILES string of the molecule is C=CC(CCCCCC)OC(c1ccccc1)(c1ccccc1)c1ccccc1.O=C1C=CCC1. The van der Waals surface area contributed by atoms with E-state index in [4.69, 9.17) is 4.74 Å². The summed E-state index contributed by atoms with van der Waals surface area (Å²) in [6.45, 7) is 6.34. The van der Waals surface area contributed by atoms with Crippen molar-refractivity contribution in [1.29, 1.82) is 0 Å². The quantitative estimate of drug-likeness (QED) is 0.161. The van der Waals surface area contributed by atoms with Gasteiger partial charge in [0.05, 0.1) is 6.10 Å². The molecular formula is C33H38O2. The fraction of sp³-hybridized carbons (Fsp3) is 0.303. The monoisotopic (exact) mass is 466 g/mol. The highest BCUT2D eigenvalue weighted by atomic mass is 16.5. The third kappa shape index (κ3) is 7.37. The highest BCUT2D eigenvalue weighted by Crippen LogP contribution is 2.42. The molecule has 0 heterocycles. The Morgan fingerprint density at radius 1 is 0.829 bits per heavy atom. The van der Waals surface area contributed by atoms with E-state index >= 15 is 0 Å². The van der Waals surface area contributed by atoms with Crippen molar-refractivity contribution in [2.75, 3.05) is 0 Å². The van der Waals surface area contributed by atoms with E-state index < -0.39 is 5.60 Å². The van der Waals surface area contributed by atoms with Crippen molar-refractivity contribution in [1.82, 2.24) is 0 Å². The fourth-order valence-electron chi connectivity index (χ4n) is 4.47. The average molecular weight is 467 g/mol. The predicted octanol–water partition coefficient (Wildman–Crippen LogP) is 8.43. The average Bonchev–Trinajstić information content (AvgIpc) is 3.41. The van der Waals surface area contributed by atoms with Gasteiger partial charge >= 0.3 is 0 Å². The number of benzene rings is 3. The lowest BCUT2D eigenvalue weighted by Crippen LogP contribution is -2.36. The summed E-state index contributed by atoms with van der Waals surface area (Å²) in [6.07, 6.45) is 13.1. The number of carbonyl (C=O) groups is 1. The van der Waals surface area contributed by atoms with E-state index in [1.165, 1.54) is 19.3 Å². The van der Waals surface area contributed by atoms with Crippen molar-refractivity contribution >= 4 is 5.78 Å². The Hall–Kier alpha value is -3.23. The number of hydrogen-bond donors (Lipinski definition) is 0. The number of ketones is 1. The molecule has 0 spiro atoms. The maximum Gasteiger partial charge on any atom is 0.155 e. The van der Waals surface area contributed by atoms with Crippen molar-refractivity contribution < 1.29 is 9.53 Å². The molecule has 0 bridgehead atoms. The first-order valence-corrected chi connectivity index (χ1v) is 12.9. The molecule has 0 N–H and O–H groups in total. The number of rotatable bonds is 11. The van der Waals surface area contributed by atoms with E-state index in [2.05, 4.69) is 104 Å². The zero-order chi connectivity index (χ0) is 24.8. The summed E-state index contributed by atoms with van der Waals surface area (Å²) in [5.74, 6) is 0.273. The van der Waals surface area contributed by atoms with Crippen LogP contribution in [0.1, 0.15) is 68.6 Å². The van der Waals surface area contributed by atoms with E-state index in [0.29, 0.717) is 0 Å². The third-order valence-corrected chi connectivity index (χ3v) is 6.34. The highest BCUT2D eigenvalue weighted by molar-refractivity contribution is 5.91. The zero-order valence-corrected chi connectivity index (χ0v) is 20.9. The first-order valence-electron chi connectivity index (χ1n) is 12.9. The summed E-state index contributed by atoms with van der Waals surface area (Å²) < 4.78 is 7.01. The largest absolute Gasteiger partial charge is 0.354 e. The molecule has 0 saturated carbocycles. The normalized spacial score (nSPS) is 13.7. The Labute approximate surface area is 211 Å². The minimum atomic E-state index is -0.673. The van der Waals surface area contributed by atoms with E-state index in [1.54, 1.807) is 6.08 Å². The summed E-state index contributed by atoms with van der Waals surface area (Å²) in [5.41, 5.74) is 2.74. The highest BCUT2D eigenvalue weighted by Gasteiger charge is 2.39. The summed E-state index contributed by atoms with van der Waals surface area (Å²) >= 11 is 0. The molecule has 1 aliphatic carbocycles. The molecule has 2 heteroatoms. The minimum absolute atomic E-state index is 0.0209. The van der Waals surface area contributed by atoms with Crippen LogP contribution < -0.4 is 0 Å². The maximum atomic E-state index is 10.2. The van der Waals surface area contributed by atoms with Crippen LogP contribution in [-0.2, 0) is 15.1 Å². The Kier molecular flexibility index (Phi) is 10.7. The first kappa shape index (κ1) is 26.4. The second-order valence-electron chi connectivity index (χ2n) is 8.93. The van der Waals surface area contributed by atoms with Crippen LogP contribution in [0.2, 0.25) is 0 Å². The molecule has 182 valence electrons. The Morgan fingerprint density at radius 3 is 1.69 bits per heavy atom. The van der Waals surface area contributed by atoms with E-state index in [1.807, 2.05) is 12.2 Å². The third-order valence-electron chi connectivity index (χ3n) is 6.34. The van der Waals surface area contributed by atoms with Crippen LogP contribution in [0.25, 0.3) is 0 Å². The number of unbranched alkanes of at least 4 members (excludes halogenated alkanes) is 3. The molecule has 0 saturated heterocycles. The van der Waals surface area contributed by atoms with Gasteiger partial charge in [0.15, 0.2) is 5.78 Å². The van der Waals surface area contributed by atoms with E-state index in [9.17, 15) is 4.79 Å². The summed E-state index contributed by atoms with van der Waals surface area (Å²) in [5, 5.41) is 0. The van der Waals surface area contributed by atoms with Gasteiger partial charge in [-0.05, 0) is 35.6 Å². The molecule has 0 radical (unpaired) electrons. The molecule has 0 aromatic heterocycles. The lowest BCUT2D eigenvalue weighted by Gasteiger charge is -2.38. The molecular weight excluding hydrogens is 428 g/mol. The van der Waals surface area contributed by atoms with Gasteiger partial charge in [-0.1, -0.05) is 136 Å². The van der Waals surface area contributed by atoms with Crippen LogP contribution in [0, 0.1) is 0 Å². The number of hydrogen-bond acceptors (Lipinski definition) is 2. The van der Waals surface area contributed by atoms with Crippen molar-refractivity contribution in [2.24, 2.45) is 0 Å². The van der Waals surface area contributed by atoms with Crippen LogP contribution in [0.4, 0.5) is 0 Å². The van der Waals surface area contributed by atoms with Crippen molar-refractivity contribution in [2.45, 2.75) is 63.6 Å². The second kappa shape index (κ2) is 14.2. The molecule has 1 unspecified atom stereocenters. The standard InChI is InChI=1S/C28H32O.C5H6O/c1-3-5-6-16-23-27(4-2)29-28(24-17-10-7-11-18-24,25-19-12-8-13-20-25)26-21-14-9-15-22-26;6-5-3-1-2-4-5/h4,7-15,17-22,27H,2-3,5-6,16,23H2,1H3;1,3H,2,4H2. The van der Waals surface area contributed by atoms with Crippen LogP contribution in [0.3, 0.4) is 0 Å². The molecule has 0 fully saturated rings. The van der Waals surface area contributed by atoms with Crippen LogP contribution in [-0.4, -0.2) is 11.9 Å². The summed E-state index contributed by atoms with van der Waals surface area (Å²) in [7, 11) is 0. The Balaban J connectivity index is 0.000000497.